The first-order valence-electron chi connectivity index (χ1n) is 2.22. The zero-order valence-corrected chi connectivity index (χ0v) is 6.20. The smallest absolute Gasteiger partial charge is 0.00805 e. The largest absolute Gasteiger partial charge is 0.0876 e. The van der Waals surface area contributed by atoms with Gasteiger partial charge in [-0.15, -0.1) is 0 Å². The van der Waals surface area contributed by atoms with Gasteiger partial charge in [0.25, 0.3) is 0 Å². The van der Waals surface area contributed by atoms with Crippen molar-refractivity contribution in [3.05, 3.63) is 22.7 Å². The third kappa shape index (κ3) is 5.96. The first-order chi connectivity index (χ1) is 3.27. The molecule has 0 heterocycles. The van der Waals surface area contributed by atoms with Gasteiger partial charge in [-0.1, -0.05) is 34.2 Å². The molecule has 0 rings (SSSR count). The molecule has 0 spiro atoms. The van der Waals surface area contributed by atoms with Gasteiger partial charge in [-0.2, -0.15) is 0 Å². The van der Waals surface area contributed by atoms with E-state index in [1.807, 2.05) is 32.1 Å². The van der Waals surface area contributed by atoms with Gasteiger partial charge in [-0.05, 0) is 18.3 Å². The molecule has 7 heavy (non-hydrogen) atoms. The van der Waals surface area contributed by atoms with E-state index in [0.29, 0.717) is 0 Å². The molecule has 40 valence electrons. The highest BCUT2D eigenvalue weighted by Gasteiger charge is 1.68. The normalized spacial score (nSPS) is 13.3. The molecular weight excluding hydrogens is 152 g/mol. The first-order valence-corrected chi connectivity index (χ1v) is 3.01. The lowest BCUT2D eigenvalue weighted by molar-refractivity contribution is 1.66. The molecule has 0 aliphatic heterocycles. The van der Waals surface area contributed by atoms with Crippen LogP contribution in [0.1, 0.15) is 13.8 Å². The van der Waals surface area contributed by atoms with E-state index in [4.69, 9.17) is 0 Å². The summed E-state index contributed by atoms with van der Waals surface area (Å²) in [5.74, 6) is 0. The Hall–Kier alpha value is -0.0400. The molecular formula is C6H9Br. The second kappa shape index (κ2) is 4.13. The molecule has 0 aromatic heterocycles. The molecule has 0 bridgehead atoms. The molecule has 0 fully saturated rings. The minimum absolute atomic E-state index is 1.16. The fourth-order valence-electron chi connectivity index (χ4n) is 0.229. The van der Waals surface area contributed by atoms with E-state index in [-0.39, 0.29) is 0 Å². The lowest BCUT2D eigenvalue weighted by Crippen LogP contribution is -1.50. The Bertz CT molecular complexity index is 86.4. The predicted octanol–water partition coefficient (Wildman–Crippen LogP) is 2.86. The second-order valence-corrected chi connectivity index (χ2v) is 2.53. The summed E-state index contributed by atoms with van der Waals surface area (Å²) in [5, 5.41) is 0. The average Bonchev–Trinajstić information content (AvgIpc) is 1.61. The van der Waals surface area contributed by atoms with Crippen molar-refractivity contribution in [2.45, 2.75) is 13.8 Å². The van der Waals surface area contributed by atoms with Crippen molar-refractivity contribution in [2.75, 3.05) is 0 Å². The lowest BCUT2D eigenvalue weighted by atomic mass is 10.5. The van der Waals surface area contributed by atoms with Crippen molar-refractivity contribution >= 4 is 15.9 Å². The van der Waals surface area contributed by atoms with Crippen LogP contribution in [0.4, 0.5) is 0 Å². The van der Waals surface area contributed by atoms with Crippen molar-refractivity contribution in [1.29, 1.82) is 0 Å². The summed E-state index contributed by atoms with van der Waals surface area (Å²) < 4.78 is 1.16. The molecule has 0 nitrogen and oxygen atoms in total. The molecule has 0 aliphatic rings. The summed E-state index contributed by atoms with van der Waals surface area (Å²) in [4.78, 5) is 0. The van der Waals surface area contributed by atoms with Gasteiger partial charge in [-0.25, -0.2) is 0 Å². The Morgan fingerprint density at radius 3 is 2.29 bits per heavy atom. The number of halogens is 1. The first kappa shape index (κ1) is 6.96. The molecule has 0 unspecified atom stereocenters. The fraction of sp³-hybridized carbons (Fsp3) is 0.333. The molecule has 0 aliphatic carbocycles. The van der Waals surface area contributed by atoms with Gasteiger partial charge in [0.05, 0.1) is 0 Å². The topological polar surface area (TPSA) is 0 Å². The van der Waals surface area contributed by atoms with Gasteiger partial charge >= 0.3 is 0 Å². The van der Waals surface area contributed by atoms with Crippen molar-refractivity contribution in [3.8, 4) is 0 Å². The van der Waals surface area contributed by atoms with Crippen molar-refractivity contribution < 1.29 is 0 Å². The molecule has 0 amide bonds. The van der Waals surface area contributed by atoms with Crippen LogP contribution in [0.25, 0.3) is 0 Å². The summed E-state index contributed by atoms with van der Waals surface area (Å²) in [5.41, 5.74) is 0. The van der Waals surface area contributed by atoms with Crippen molar-refractivity contribution in [3.63, 3.8) is 0 Å². The van der Waals surface area contributed by atoms with Crippen LogP contribution in [0.2, 0.25) is 0 Å². The molecule has 0 atom stereocenters. The number of allylic oxidation sites excluding steroid dienone is 4. The number of hydrogen-bond acceptors (Lipinski definition) is 0. The Morgan fingerprint density at radius 2 is 2.14 bits per heavy atom. The average molecular weight is 161 g/mol. The number of rotatable bonds is 1. The maximum atomic E-state index is 3.29. The standard InChI is InChI=1S/C6H9Br/c1-3-4-5-6(2)7/h3-5H,1-2H3. The van der Waals surface area contributed by atoms with Crippen LogP contribution in [-0.4, -0.2) is 0 Å². The molecule has 0 aromatic rings. The number of hydrogen-bond donors (Lipinski definition) is 0. The Labute approximate surface area is 53.1 Å². The maximum absolute atomic E-state index is 3.29. The van der Waals surface area contributed by atoms with Crippen LogP contribution in [0.5, 0.6) is 0 Å². The van der Waals surface area contributed by atoms with Gasteiger partial charge < -0.3 is 0 Å². The highest BCUT2D eigenvalue weighted by atomic mass is 79.9. The van der Waals surface area contributed by atoms with Crippen molar-refractivity contribution in [1.82, 2.24) is 0 Å². The van der Waals surface area contributed by atoms with Crippen LogP contribution in [0.3, 0.4) is 0 Å². The van der Waals surface area contributed by atoms with E-state index in [0.717, 1.165) is 4.48 Å². The Morgan fingerprint density at radius 1 is 1.57 bits per heavy atom. The van der Waals surface area contributed by atoms with E-state index in [2.05, 4.69) is 15.9 Å². The van der Waals surface area contributed by atoms with Gasteiger partial charge in [-0.3, -0.25) is 0 Å². The highest BCUT2D eigenvalue weighted by Crippen LogP contribution is 2.00. The summed E-state index contributed by atoms with van der Waals surface area (Å²) in [6, 6.07) is 0. The minimum Gasteiger partial charge on any atom is -0.0876 e. The second-order valence-electron chi connectivity index (χ2n) is 1.28. The quantitative estimate of drug-likeness (QED) is 0.518. The van der Waals surface area contributed by atoms with Gasteiger partial charge in [0.15, 0.2) is 0 Å². The van der Waals surface area contributed by atoms with E-state index in [1.54, 1.807) is 0 Å². The fourth-order valence-corrected chi connectivity index (χ4v) is 0.381. The minimum atomic E-state index is 1.16. The molecule has 0 saturated carbocycles. The third-order valence-corrected chi connectivity index (χ3v) is 0.783. The summed E-state index contributed by atoms with van der Waals surface area (Å²) in [6.07, 6.45) is 5.98. The van der Waals surface area contributed by atoms with Gasteiger partial charge in [0.2, 0.25) is 0 Å². The summed E-state index contributed by atoms with van der Waals surface area (Å²) >= 11 is 3.29. The van der Waals surface area contributed by atoms with Crippen LogP contribution >= 0.6 is 15.9 Å². The molecule has 0 radical (unpaired) electrons. The maximum Gasteiger partial charge on any atom is -0.00805 e. The van der Waals surface area contributed by atoms with E-state index >= 15 is 0 Å². The molecule has 0 N–H and O–H groups in total. The highest BCUT2D eigenvalue weighted by molar-refractivity contribution is 9.11. The van der Waals surface area contributed by atoms with Crippen LogP contribution < -0.4 is 0 Å². The van der Waals surface area contributed by atoms with Crippen LogP contribution in [0.15, 0.2) is 22.7 Å². The summed E-state index contributed by atoms with van der Waals surface area (Å²) in [6.45, 7) is 3.99. The molecule has 1 heteroatoms. The third-order valence-electron chi connectivity index (χ3n) is 0.518. The zero-order valence-electron chi connectivity index (χ0n) is 4.61. The van der Waals surface area contributed by atoms with E-state index in [1.165, 1.54) is 0 Å². The van der Waals surface area contributed by atoms with Crippen LogP contribution in [0, 0.1) is 0 Å². The zero-order chi connectivity index (χ0) is 5.70. The predicted molar refractivity (Wildman–Crippen MR) is 37.5 cm³/mol. The van der Waals surface area contributed by atoms with Crippen LogP contribution in [-0.2, 0) is 0 Å². The van der Waals surface area contributed by atoms with Crippen molar-refractivity contribution in [2.24, 2.45) is 0 Å². The SMILES string of the molecule is CC=CC=C(C)Br. The van der Waals surface area contributed by atoms with Gasteiger partial charge in [0.1, 0.15) is 0 Å². The van der Waals surface area contributed by atoms with E-state index in [9.17, 15) is 0 Å². The van der Waals surface area contributed by atoms with E-state index < -0.39 is 0 Å². The molecule has 0 saturated heterocycles. The Balaban J connectivity index is 3.46. The summed E-state index contributed by atoms with van der Waals surface area (Å²) in [7, 11) is 0. The molecule has 0 aromatic carbocycles. The lowest BCUT2D eigenvalue weighted by Gasteiger charge is -1.75. The van der Waals surface area contributed by atoms with Gasteiger partial charge in [0, 0.05) is 0 Å². The monoisotopic (exact) mass is 160 g/mol. The Kier molecular flexibility index (Phi) is 4.10.